The standard InChI is InChI=1S/C19H23ClN2O/c1-2-16-13-17(20)10-11-18(16)21-12-6-9-19(23)22-14-15-7-4-3-5-8-15/h3-5,7-8,10-11,13,21H,2,6,9,12,14H2,1H3,(H,22,23). The number of halogens is 1. The minimum Gasteiger partial charge on any atom is -0.385 e. The molecule has 4 heteroatoms. The summed E-state index contributed by atoms with van der Waals surface area (Å²) in [6, 6.07) is 15.8. The fourth-order valence-corrected chi connectivity index (χ4v) is 2.58. The molecule has 0 spiro atoms. The highest BCUT2D eigenvalue weighted by atomic mass is 35.5. The van der Waals surface area contributed by atoms with Crippen LogP contribution in [0.3, 0.4) is 0 Å². The Bertz CT molecular complexity index is 629. The van der Waals surface area contributed by atoms with Gasteiger partial charge in [-0.1, -0.05) is 48.9 Å². The lowest BCUT2D eigenvalue weighted by Gasteiger charge is -2.11. The van der Waals surface area contributed by atoms with Crippen molar-refractivity contribution in [2.45, 2.75) is 32.7 Å². The predicted octanol–water partition coefficient (Wildman–Crippen LogP) is 4.41. The summed E-state index contributed by atoms with van der Waals surface area (Å²) in [5.74, 6) is 0.0856. The average molecular weight is 331 g/mol. The van der Waals surface area contributed by atoms with Crippen molar-refractivity contribution in [1.29, 1.82) is 0 Å². The molecule has 0 aliphatic heterocycles. The highest BCUT2D eigenvalue weighted by Gasteiger charge is 2.03. The second kappa shape index (κ2) is 9.21. The maximum atomic E-state index is 11.8. The van der Waals surface area contributed by atoms with E-state index >= 15 is 0 Å². The zero-order valence-corrected chi connectivity index (χ0v) is 14.2. The van der Waals surface area contributed by atoms with E-state index in [9.17, 15) is 4.79 Å². The Labute approximate surface area is 143 Å². The van der Waals surface area contributed by atoms with Gasteiger partial charge in [0, 0.05) is 30.2 Å². The van der Waals surface area contributed by atoms with Crippen LogP contribution in [0.5, 0.6) is 0 Å². The number of anilines is 1. The van der Waals surface area contributed by atoms with Crippen molar-refractivity contribution in [3.8, 4) is 0 Å². The van der Waals surface area contributed by atoms with Crippen LogP contribution < -0.4 is 10.6 Å². The molecule has 23 heavy (non-hydrogen) atoms. The molecule has 122 valence electrons. The van der Waals surface area contributed by atoms with Crippen LogP contribution in [0.2, 0.25) is 5.02 Å². The van der Waals surface area contributed by atoms with Crippen LogP contribution in [-0.4, -0.2) is 12.5 Å². The van der Waals surface area contributed by atoms with Gasteiger partial charge in [0.15, 0.2) is 0 Å². The Kier molecular flexibility index (Phi) is 6.95. The minimum absolute atomic E-state index is 0.0856. The van der Waals surface area contributed by atoms with Gasteiger partial charge in [-0.3, -0.25) is 4.79 Å². The zero-order valence-electron chi connectivity index (χ0n) is 13.4. The summed E-state index contributed by atoms with van der Waals surface area (Å²) in [5, 5.41) is 7.08. The van der Waals surface area contributed by atoms with Crippen LogP contribution >= 0.6 is 11.6 Å². The number of carbonyl (C=O) groups excluding carboxylic acids is 1. The summed E-state index contributed by atoms with van der Waals surface area (Å²) in [6.45, 7) is 3.46. The van der Waals surface area contributed by atoms with E-state index in [1.807, 2.05) is 48.5 Å². The number of hydrogen-bond donors (Lipinski definition) is 2. The number of rotatable bonds is 8. The molecule has 0 aliphatic rings. The summed E-state index contributed by atoms with van der Waals surface area (Å²) >= 11 is 6.00. The Balaban J connectivity index is 1.68. The first-order valence-electron chi connectivity index (χ1n) is 8.02. The quantitative estimate of drug-likeness (QED) is 0.704. The van der Waals surface area contributed by atoms with E-state index in [1.165, 1.54) is 5.56 Å². The SMILES string of the molecule is CCc1cc(Cl)ccc1NCCCC(=O)NCc1ccccc1. The maximum absolute atomic E-state index is 11.8. The van der Waals surface area contributed by atoms with Crippen LogP contribution in [-0.2, 0) is 17.8 Å². The molecule has 0 aromatic heterocycles. The number of aryl methyl sites for hydroxylation is 1. The molecule has 0 heterocycles. The van der Waals surface area contributed by atoms with E-state index in [2.05, 4.69) is 17.6 Å². The molecule has 0 saturated carbocycles. The van der Waals surface area contributed by atoms with Crippen molar-refractivity contribution >= 4 is 23.2 Å². The lowest BCUT2D eigenvalue weighted by molar-refractivity contribution is -0.121. The van der Waals surface area contributed by atoms with Gasteiger partial charge in [-0.15, -0.1) is 0 Å². The third kappa shape index (κ3) is 5.95. The van der Waals surface area contributed by atoms with Crippen LogP contribution in [0, 0.1) is 0 Å². The number of benzene rings is 2. The van der Waals surface area contributed by atoms with Crippen LogP contribution in [0.1, 0.15) is 30.9 Å². The van der Waals surface area contributed by atoms with Crippen molar-refractivity contribution < 1.29 is 4.79 Å². The maximum Gasteiger partial charge on any atom is 0.220 e. The van der Waals surface area contributed by atoms with E-state index in [-0.39, 0.29) is 5.91 Å². The zero-order chi connectivity index (χ0) is 16.5. The molecule has 0 atom stereocenters. The smallest absolute Gasteiger partial charge is 0.220 e. The van der Waals surface area contributed by atoms with Gasteiger partial charge in [0.05, 0.1) is 0 Å². The largest absolute Gasteiger partial charge is 0.385 e. The Morgan fingerprint density at radius 3 is 2.65 bits per heavy atom. The molecule has 3 nitrogen and oxygen atoms in total. The van der Waals surface area contributed by atoms with Crippen molar-refractivity contribution in [3.63, 3.8) is 0 Å². The Hall–Kier alpha value is -2.00. The third-order valence-electron chi connectivity index (χ3n) is 3.68. The van der Waals surface area contributed by atoms with Crippen LogP contribution in [0.15, 0.2) is 48.5 Å². The second-order valence-corrected chi connectivity index (χ2v) is 5.88. The minimum atomic E-state index is 0.0856. The molecule has 2 N–H and O–H groups in total. The number of carbonyl (C=O) groups is 1. The van der Waals surface area contributed by atoms with Gasteiger partial charge in [-0.2, -0.15) is 0 Å². The van der Waals surface area contributed by atoms with Gasteiger partial charge in [-0.05, 0) is 42.2 Å². The summed E-state index contributed by atoms with van der Waals surface area (Å²) in [6.07, 6.45) is 2.25. The highest BCUT2D eigenvalue weighted by molar-refractivity contribution is 6.30. The van der Waals surface area contributed by atoms with Crippen molar-refractivity contribution in [2.24, 2.45) is 0 Å². The summed E-state index contributed by atoms with van der Waals surface area (Å²) in [7, 11) is 0. The summed E-state index contributed by atoms with van der Waals surface area (Å²) in [5.41, 5.74) is 3.42. The molecule has 2 rings (SSSR count). The van der Waals surface area contributed by atoms with Gasteiger partial charge < -0.3 is 10.6 Å². The van der Waals surface area contributed by atoms with Gasteiger partial charge in [0.25, 0.3) is 0 Å². The van der Waals surface area contributed by atoms with Crippen LogP contribution in [0.25, 0.3) is 0 Å². The van der Waals surface area contributed by atoms with E-state index in [0.29, 0.717) is 13.0 Å². The molecule has 1 amide bonds. The van der Waals surface area contributed by atoms with E-state index in [4.69, 9.17) is 11.6 Å². The van der Waals surface area contributed by atoms with Crippen molar-refractivity contribution in [2.75, 3.05) is 11.9 Å². The molecule has 0 unspecified atom stereocenters. The first-order chi connectivity index (χ1) is 11.2. The molecule has 0 bridgehead atoms. The molecule has 2 aromatic rings. The molecular weight excluding hydrogens is 308 g/mol. The number of hydrogen-bond acceptors (Lipinski definition) is 2. The lowest BCUT2D eigenvalue weighted by Crippen LogP contribution is -2.23. The number of nitrogens with one attached hydrogen (secondary N) is 2. The van der Waals surface area contributed by atoms with Gasteiger partial charge in [0.1, 0.15) is 0 Å². The summed E-state index contributed by atoms with van der Waals surface area (Å²) in [4.78, 5) is 11.8. The molecule has 0 fully saturated rings. The van der Waals surface area contributed by atoms with E-state index < -0.39 is 0 Å². The third-order valence-corrected chi connectivity index (χ3v) is 3.91. The monoisotopic (exact) mass is 330 g/mol. The highest BCUT2D eigenvalue weighted by Crippen LogP contribution is 2.21. The molecule has 0 saturated heterocycles. The van der Waals surface area contributed by atoms with Crippen LogP contribution in [0.4, 0.5) is 5.69 Å². The normalized spacial score (nSPS) is 10.3. The van der Waals surface area contributed by atoms with E-state index in [1.54, 1.807) is 0 Å². The fourth-order valence-electron chi connectivity index (χ4n) is 2.38. The molecular formula is C19H23ClN2O. The molecule has 0 aliphatic carbocycles. The van der Waals surface area contributed by atoms with Crippen molar-refractivity contribution in [1.82, 2.24) is 5.32 Å². The second-order valence-electron chi connectivity index (χ2n) is 5.45. The first kappa shape index (κ1) is 17.4. The Morgan fingerprint density at radius 1 is 1.13 bits per heavy atom. The van der Waals surface area contributed by atoms with E-state index in [0.717, 1.165) is 35.7 Å². The topological polar surface area (TPSA) is 41.1 Å². The van der Waals surface area contributed by atoms with Gasteiger partial charge in [0.2, 0.25) is 5.91 Å². The average Bonchev–Trinajstić information content (AvgIpc) is 2.58. The number of amides is 1. The fraction of sp³-hybridized carbons (Fsp3) is 0.316. The summed E-state index contributed by atoms with van der Waals surface area (Å²) < 4.78 is 0. The lowest BCUT2D eigenvalue weighted by atomic mass is 10.1. The van der Waals surface area contributed by atoms with Crippen molar-refractivity contribution in [3.05, 3.63) is 64.7 Å². The Morgan fingerprint density at radius 2 is 1.91 bits per heavy atom. The van der Waals surface area contributed by atoms with Gasteiger partial charge in [-0.25, -0.2) is 0 Å². The molecule has 0 radical (unpaired) electrons. The molecule has 2 aromatic carbocycles. The first-order valence-corrected chi connectivity index (χ1v) is 8.39. The predicted molar refractivity (Wildman–Crippen MR) is 96.8 cm³/mol. The van der Waals surface area contributed by atoms with Gasteiger partial charge >= 0.3 is 0 Å².